The number of benzene rings is 2. The summed E-state index contributed by atoms with van der Waals surface area (Å²) < 4.78 is 32.7. The van der Waals surface area contributed by atoms with Crippen LogP contribution in [0.1, 0.15) is 0 Å². The number of sulfonamides is 1. The number of anilines is 1. The van der Waals surface area contributed by atoms with Crippen LogP contribution in [0.15, 0.2) is 64.2 Å². The van der Waals surface area contributed by atoms with Crippen LogP contribution < -0.4 is 9.46 Å². The highest BCUT2D eigenvalue weighted by Crippen LogP contribution is 2.31. The van der Waals surface area contributed by atoms with E-state index in [9.17, 15) is 18.5 Å². The fourth-order valence-electron chi connectivity index (χ4n) is 2.07. The van der Waals surface area contributed by atoms with Crippen LogP contribution in [-0.4, -0.2) is 13.3 Å². The minimum absolute atomic E-state index is 0.0246. The topological polar surface area (TPSA) is 98.5 Å². The van der Waals surface area contributed by atoms with E-state index >= 15 is 0 Å². The lowest BCUT2D eigenvalue weighted by molar-refractivity contribution is -0.384. The van der Waals surface area contributed by atoms with E-state index in [1.54, 1.807) is 35.7 Å². The normalized spacial score (nSPS) is 11.1. The summed E-state index contributed by atoms with van der Waals surface area (Å²) in [5, 5.41) is 13.3. The molecule has 2 aromatic carbocycles. The van der Waals surface area contributed by atoms with Gasteiger partial charge in [-0.3, -0.25) is 14.8 Å². The van der Waals surface area contributed by atoms with Gasteiger partial charge in [-0.1, -0.05) is 17.7 Å². The van der Waals surface area contributed by atoms with Crippen molar-refractivity contribution in [3.05, 3.63) is 75.1 Å². The fraction of sp³-hybridized carbons (Fsp3) is 0. The Morgan fingerprint density at radius 3 is 2.42 bits per heavy atom. The minimum atomic E-state index is -3.83. The number of nitrogens with one attached hydrogen (secondary N) is 1. The van der Waals surface area contributed by atoms with Gasteiger partial charge < -0.3 is 4.74 Å². The maximum absolute atomic E-state index is 12.3. The van der Waals surface area contributed by atoms with Gasteiger partial charge in [0.25, 0.3) is 15.7 Å². The maximum Gasteiger partial charge on any atom is 0.275 e. The maximum atomic E-state index is 12.3. The Morgan fingerprint density at radius 1 is 1.08 bits per heavy atom. The van der Waals surface area contributed by atoms with Crippen molar-refractivity contribution in [3.8, 4) is 11.5 Å². The molecule has 0 saturated heterocycles. The standard InChI is InChI=1S/C16H11ClN2O5S2/c17-11-3-5-14(6-4-11)24-15-9-12(8-13(10-15)19(20)21)18-26(22,23)16-2-1-7-25-16/h1-10,18H. The molecule has 1 aromatic heterocycles. The summed E-state index contributed by atoms with van der Waals surface area (Å²) in [6.45, 7) is 0. The van der Waals surface area contributed by atoms with Gasteiger partial charge in [-0.2, -0.15) is 0 Å². The Bertz CT molecular complexity index is 1040. The molecule has 0 aliphatic heterocycles. The Kier molecular flexibility index (Phi) is 5.12. The number of nitro groups is 1. The molecule has 0 saturated carbocycles. The number of thiophene rings is 1. The van der Waals surface area contributed by atoms with Crippen molar-refractivity contribution < 1.29 is 18.1 Å². The summed E-state index contributed by atoms with van der Waals surface area (Å²) in [6.07, 6.45) is 0. The minimum Gasteiger partial charge on any atom is -0.457 e. The van der Waals surface area contributed by atoms with E-state index < -0.39 is 14.9 Å². The zero-order valence-electron chi connectivity index (χ0n) is 13.0. The molecule has 3 rings (SSSR count). The predicted octanol–water partition coefficient (Wildman–Crippen LogP) is 4.90. The lowest BCUT2D eigenvalue weighted by Crippen LogP contribution is -2.11. The summed E-state index contributed by atoms with van der Waals surface area (Å²) in [4.78, 5) is 10.5. The first-order valence-electron chi connectivity index (χ1n) is 7.13. The quantitative estimate of drug-likeness (QED) is 0.460. The van der Waals surface area contributed by atoms with Crippen molar-refractivity contribution in [2.24, 2.45) is 0 Å². The lowest BCUT2D eigenvalue weighted by Gasteiger charge is -2.10. The number of ether oxygens (including phenoxy) is 1. The van der Waals surface area contributed by atoms with Crippen molar-refractivity contribution in [3.63, 3.8) is 0 Å². The Labute approximate surface area is 158 Å². The first-order chi connectivity index (χ1) is 12.3. The van der Waals surface area contributed by atoms with Crippen molar-refractivity contribution in [1.29, 1.82) is 0 Å². The molecule has 0 fully saturated rings. The molecule has 0 atom stereocenters. The summed E-state index contributed by atoms with van der Waals surface area (Å²) in [5.74, 6) is 0.521. The number of hydrogen-bond donors (Lipinski definition) is 1. The molecule has 0 aliphatic rings. The molecule has 0 unspecified atom stereocenters. The highest BCUT2D eigenvalue weighted by Gasteiger charge is 2.18. The second-order valence-electron chi connectivity index (χ2n) is 5.07. The highest BCUT2D eigenvalue weighted by atomic mass is 35.5. The first kappa shape index (κ1) is 18.2. The van der Waals surface area contributed by atoms with Gasteiger partial charge in [-0.25, -0.2) is 8.42 Å². The van der Waals surface area contributed by atoms with Crippen LogP contribution in [0, 0.1) is 10.1 Å². The van der Waals surface area contributed by atoms with Gasteiger partial charge >= 0.3 is 0 Å². The van der Waals surface area contributed by atoms with Crippen molar-refractivity contribution in [2.45, 2.75) is 4.21 Å². The lowest BCUT2D eigenvalue weighted by atomic mass is 10.2. The summed E-state index contributed by atoms with van der Waals surface area (Å²) >= 11 is 6.85. The second kappa shape index (κ2) is 7.32. The van der Waals surface area contributed by atoms with Gasteiger partial charge in [0.15, 0.2) is 0 Å². The van der Waals surface area contributed by atoms with Gasteiger partial charge in [0.05, 0.1) is 16.7 Å². The predicted molar refractivity (Wildman–Crippen MR) is 99.7 cm³/mol. The molecule has 0 radical (unpaired) electrons. The monoisotopic (exact) mass is 410 g/mol. The largest absolute Gasteiger partial charge is 0.457 e. The smallest absolute Gasteiger partial charge is 0.275 e. The Hall–Kier alpha value is -2.62. The zero-order valence-corrected chi connectivity index (χ0v) is 15.3. The van der Waals surface area contributed by atoms with Crippen LogP contribution in [0.2, 0.25) is 5.02 Å². The van der Waals surface area contributed by atoms with Crippen molar-refractivity contribution in [1.82, 2.24) is 0 Å². The van der Waals surface area contributed by atoms with E-state index in [1.165, 1.54) is 18.2 Å². The molecule has 26 heavy (non-hydrogen) atoms. The van der Waals surface area contributed by atoms with Crippen LogP contribution >= 0.6 is 22.9 Å². The van der Waals surface area contributed by atoms with Crippen LogP contribution in [0.25, 0.3) is 0 Å². The Morgan fingerprint density at radius 2 is 1.81 bits per heavy atom. The number of rotatable bonds is 6. The molecule has 10 heteroatoms. The highest BCUT2D eigenvalue weighted by molar-refractivity contribution is 7.94. The second-order valence-corrected chi connectivity index (χ2v) is 8.36. The molecule has 0 spiro atoms. The first-order valence-corrected chi connectivity index (χ1v) is 9.87. The van der Waals surface area contributed by atoms with E-state index in [4.69, 9.17) is 16.3 Å². The van der Waals surface area contributed by atoms with Crippen LogP contribution in [0.4, 0.5) is 11.4 Å². The number of non-ortho nitro benzene ring substituents is 1. The molecule has 0 aliphatic carbocycles. The van der Waals surface area contributed by atoms with Gasteiger partial charge in [0, 0.05) is 17.2 Å². The average Bonchev–Trinajstić information content (AvgIpc) is 3.12. The molecule has 7 nitrogen and oxygen atoms in total. The average molecular weight is 411 g/mol. The van der Waals surface area contributed by atoms with E-state index in [0.29, 0.717) is 10.8 Å². The molecule has 1 heterocycles. The summed E-state index contributed by atoms with van der Waals surface area (Å²) in [6, 6.07) is 13.1. The van der Waals surface area contributed by atoms with Crippen LogP contribution in [-0.2, 0) is 10.0 Å². The van der Waals surface area contributed by atoms with E-state index in [-0.39, 0.29) is 21.3 Å². The zero-order chi connectivity index (χ0) is 18.7. The molecular formula is C16H11ClN2O5S2. The third kappa shape index (κ3) is 4.31. The summed E-state index contributed by atoms with van der Waals surface area (Å²) in [5.41, 5.74) is -0.281. The molecular weight excluding hydrogens is 400 g/mol. The third-order valence-electron chi connectivity index (χ3n) is 3.16. The van der Waals surface area contributed by atoms with E-state index in [0.717, 1.165) is 17.4 Å². The third-order valence-corrected chi connectivity index (χ3v) is 6.19. The van der Waals surface area contributed by atoms with Crippen molar-refractivity contribution >= 4 is 44.3 Å². The van der Waals surface area contributed by atoms with Gasteiger partial charge in [0.2, 0.25) is 0 Å². The number of halogens is 1. The molecule has 134 valence electrons. The SMILES string of the molecule is O=[N+]([O-])c1cc(NS(=O)(=O)c2cccs2)cc(Oc2ccc(Cl)cc2)c1. The number of nitro benzene ring substituents is 1. The number of hydrogen-bond acceptors (Lipinski definition) is 6. The molecule has 1 N–H and O–H groups in total. The Balaban J connectivity index is 1.94. The fourth-order valence-corrected chi connectivity index (χ4v) is 4.23. The molecule has 0 amide bonds. The van der Waals surface area contributed by atoms with E-state index in [2.05, 4.69) is 4.72 Å². The number of nitrogens with zero attached hydrogens (tertiary/aromatic N) is 1. The molecule has 3 aromatic rings. The van der Waals surface area contributed by atoms with Gasteiger partial charge in [0.1, 0.15) is 15.7 Å². The van der Waals surface area contributed by atoms with Crippen molar-refractivity contribution in [2.75, 3.05) is 4.72 Å². The van der Waals surface area contributed by atoms with Gasteiger partial charge in [-0.15, -0.1) is 11.3 Å². The van der Waals surface area contributed by atoms with Crippen LogP contribution in [0.3, 0.4) is 0 Å². The van der Waals surface area contributed by atoms with Crippen LogP contribution in [0.5, 0.6) is 11.5 Å². The summed E-state index contributed by atoms with van der Waals surface area (Å²) in [7, 11) is -3.83. The molecule has 0 bridgehead atoms. The van der Waals surface area contributed by atoms with Gasteiger partial charge in [-0.05, 0) is 35.7 Å². The van der Waals surface area contributed by atoms with E-state index in [1.807, 2.05) is 0 Å².